The molecule has 2 aromatic rings. The minimum absolute atomic E-state index is 0.0925. The van der Waals surface area contributed by atoms with Crippen LogP contribution in [0.15, 0.2) is 18.2 Å². The third-order valence-corrected chi connectivity index (χ3v) is 3.88. The van der Waals surface area contributed by atoms with E-state index < -0.39 is 0 Å². The van der Waals surface area contributed by atoms with Crippen LogP contribution in [0.25, 0.3) is 5.69 Å². The van der Waals surface area contributed by atoms with E-state index in [2.05, 4.69) is 23.3 Å². The normalized spacial score (nSPS) is 18.4. The summed E-state index contributed by atoms with van der Waals surface area (Å²) in [4.78, 5) is 11.2. The van der Waals surface area contributed by atoms with E-state index in [1.54, 1.807) is 4.68 Å². The van der Waals surface area contributed by atoms with Gasteiger partial charge >= 0.3 is 0 Å². The zero-order valence-electron chi connectivity index (χ0n) is 11.7. The van der Waals surface area contributed by atoms with Crippen LogP contribution in [0.5, 0.6) is 0 Å². The Hall–Kier alpha value is -2.01. The molecule has 5 nitrogen and oxygen atoms in total. The van der Waals surface area contributed by atoms with Gasteiger partial charge in [0, 0.05) is 6.61 Å². The molecule has 1 aromatic carbocycles. The molecule has 1 aliphatic heterocycles. The first kappa shape index (κ1) is 13.0. The van der Waals surface area contributed by atoms with Gasteiger partial charge in [0.2, 0.25) is 0 Å². The van der Waals surface area contributed by atoms with Crippen LogP contribution >= 0.6 is 0 Å². The number of benzene rings is 1. The van der Waals surface area contributed by atoms with Crippen LogP contribution in [0.4, 0.5) is 0 Å². The van der Waals surface area contributed by atoms with Crippen LogP contribution < -0.4 is 0 Å². The minimum Gasteiger partial charge on any atom is -0.372 e. The molecular formula is C15H17N3O2. The summed E-state index contributed by atoms with van der Waals surface area (Å²) in [6, 6.07) is 6.03. The molecule has 1 aliphatic rings. The summed E-state index contributed by atoms with van der Waals surface area (Å²) in [6.07, 6.45) is 2.57. The molecule has 1 atom stereocenters. The van der Waals surface area contributed by atoms with Crippen molar-refractivity contribution < 1.29 is 9.53 Å². The zero-order valence-corrected chi connectivity index (χ0v) is 11.7. The van der Waals surface area contributed by atoms with Crippen molar-refractivity contribution in [2.24, 2.45) is 0 Å². The molecule has 1 saturated heterocycles. The molecule has 20 heavy (non-hydrogen) atoms. The van der Waals surface area contributed by atoms with Crippen molar-refractivity contribution in [3.05, 3.63) is 40.7 Å². The number of carbonyl (C=O) groups is 1. The first-order valence-electron chi connectivity index (χ1n) is 6.81. The molecule has 0 amide bonds. The molecule has 0 aliphatic carbocycles. The van der Waals surface area contributed by atoms with Gasteiger partial charge in [0.25, 0.3) is 0 Å². The van der Waals surface area contributed by atoms with Crippen molar-refractivity contribution >= 4 is 6.29 Å². The van der Waals surface area contributed by atoms with Gasteiger partial charge in [-0.05, 0) is 43.9 Å². The van der Waals surface area contributed by atoms with Crippen molar-refractivity contribution in [1.82, 2.24) is 15.0 Å². The zero-order chi connectivity index (χ0) is 14.1. The van der Waals surface area contributed by atoms with E-state index in [0.29, 0.717) is 5.69 Å². The predicted octanol–water partition coefficient (Wildman–Crippen LogP) is 2.55. The summed E-state index contributed by atoms with van der Waals surface area (Å²) in [6.45, 7) is 4.83. The summed E-state index contributed by atoms with van der Waals surface area (Å²) in [5, 5.41) is 8.15. The Morgan fingerprint density at radius 1 is 1.40 bits per heavy atom. The Morgan fingerprint density at radius 2 is 2.25 bits per heavy atom. The molecule has 1 unspecified atom stereocenters. The summed E-state index contributed by atoms with van der Waals surface area (Å²) in [5.74, 6) is 0. The molecule has 3 rings (SSSR count). The van der Waals surface area contributed by atoms with Gasteiger partial charge in [0.15, 0.2) is 12.0 Å². The third-order valence-electron chi connectivity index (χ3n) is 3.88. The average molecular weight is 271 g/mol. The smallest absolute Gasteiger partial charge is 0.172 e. The molecule has 0 radical (unpaired) electrons. The summed E-state index contributed by atoms with van der Waals surface area (Å²) in [5.41, 5.74) is 4.41. The lowest BCUT2D eigenvalue weighted by atomic mass is 10.1. The number of hydrogen-bond donors (Lipinski definition) is 0. The first-order valence-corrected chi connectivity index (χ1v) is 6.81. The summed E-state index contributed by atoms with van der Waals surface area (Å²) < 4.78 is 7.46. The highest BCUT2D eigenvalue weighted by Crippen LogP contribution is 2.31. The van der Waals surface area contributed by atoms with Gasteiger partial charge in [-0.2, -0.15) is 0 Å². The van der Waals surface area contributed by atoms with Crippen LogP contribution in [0.2, 0.25) is 0 Å². The van der Waals surface area contributed by atoms with Crippen molar-refractivity contribution in [3.8, 4) is 5.69 Å². The Bertz CT molecular complexity index is 643. The molecule has 1 fully saturated rings. The van der Waals surface area contributed by atoms with Crippen molar-refractivity contribution in [3.63, 3.8) is 0 Å². The summed E-state index contributed by atoms with van der Waals surface area (Å²) >= 11 is 0. The van der Waals surface area contributed by atoms with E-state index >= 15 is 0 Å². The molecule has 104 valence electrons. The number of nitrogens with zero attached hydrogens (tertiary/aromatic N) is 3. The third kappa shape index (κ3) is 2.04. The van der Waals surface area contributed by atoms with Gasteiger partial charge in [-0.15, -0.1) is 5.10 Å². The van der Waals surface area contributed by atoms with E-state index in [0.717, 1.165) is 42.7 Å². The number of aldehydes is 1. The second-order valence-electron chi connectivity index (χ2n) is 5.11. The van der Waals surface area contributed by atoms with Crippen molar-refractivity contribution in [2.75, 3.05) is 6.61 Å². The molecule has 0 bridgehead atoms. The Balaban J connectivity index is 2.16. The standard InChI is InChI=1S/C15H17N3O2/c1-10-5-3-6-13(11(10)2)18-15(12(9-19)16-17-18)14-7-4-8-20-14/h3,5-6,9,14H,4,7-8H2,1-2H3. The fourth-order valence-corrected chi connectivity index (χ4v) is 2.62. The number of rotatable bonds is 3. The highest BCUT2D eigenvalue weighted by molar-refractivity contribution is 5.74. The fourth-order valence-electron chi connectivity index (χ4n) is 2.62. The summed E-state index contributed by atoms with van der Waals surface area (Å²) in [7, 11) is 0. The first-order chi connectivity index (χ1) is 9.72. The van der Waals surface area contributed by atoms with Crippen molar-refractivity contribution in [1.29, 1.82) is 0 Å². The molecule has 0 saturated carbocycles. The number of aromatic nitrogens is 3. The molecule has 1 aromatic heterocycles. The lowest BCUT2D eigenvalue weighted by Gasteiger charge is -2.15. The maximum Gasteiger partial charge on any atom is 0.172 e. The van der Waals surface area contributed by atoms with E-state index in [-0.39, 0.29) is 6.10 Å². The van der Waals surface area contributed by atoms with E-state index in [1.165, 1.54) is 5.56 Å². The second kappa shape index (κ2) is 5.17. The Kier molecular flexibility index (Phi) is 3.36. The molecule has 2 heterocycles. The topological polar surface area (TPSA) is 57.0 Å². The SMILES string of the molecule is Cc1cccc(-n2nnc(C=O)c2C2CCCO2)c1C. The molecule has 0 spiro atoms. The van der Waals surface area contributed by atoms with Crippen LogP contribution in [0.3, 0.4) is 0 Å². The number of carbonyl (C=O) groups excluding carboxylic acids is 1. The van der Waals surface area contributed by atoms with E-state index in [4.69, 9.17) is 4.74 Å². The van der Waals surface area contributed by atoms with E-state index in [9.17, 15) is 4.79 Å². The van der Waals surface area contributed by atoms with Crippen LogP contribution in [0.1, 0.15) is 46.3 Å². The Morgan fingerprint density at radius 3 is 2.95 bits per heavy atom. The average Bonchev–Trinajstić information content (AvgIpc) is 3.09. The maximum absolute atomic E-state index is 11.2. The van der Waals surface area contributed by atoms with Gasteiger partial charge in [-0.1, -0.05) is 17.3 Å². The molecule has 5 heteroatoms. The van der Waals surface area contributed by atoms with Gasteiger partial charge < -0.3 is 4.74 Å². The van der Waals surface area contributed by atoms with Gasteiger partial charge in [-0.3, -0.25) is 4.79 Å². The second-order valence-corrected chi connectivity index (χ2v) is 5.11. The minimum atomic E-state index is -0.0925. The quantitative estimate of drug-likeness (QED) is 0.805. The highest BCUT2D eigenvalue weighted by atomic mass is 16.5. The fraction of sp³-hybridized carbons (Fsp3) is 0.400. The van der Waals surface area contributed by atoms with Gasteiger partial charge in [0.1, 0.15) is 11.8 Å². The van der Waals surface area contributed by atoms with Crippen molar-refractivity contribution in [2.45, 2.75) is 32.8 Å². The number of aryl methyl sites for hydroxylation is 1. The Labute approximate surface area is 117 Å². The van der Waals surface area contributed by atoms with Crippen LogP contribution in [-0.4, -0.2) is 27.9 Å². The lowest BCUT2D eigenvalue weighted by Crippen LogP contribution is -2.10. The number of ether oxygens (including phenoxy) is 1. The van der Waals surface area contributed by atoms with Crippen LogP contribution in [-0.2, 0) is 4.74 Å². The largest absolute Gasteiger partial charge is 0.372 e. The van der Waals surface area contributed by atoms with E-state index in [1.807, 2.05) is 19.1 Å². The molecular weight excluding hydrogens is 254 g/mol. The van der Waals surface area contributed by atoms with Gasteiger partial charge in [-0.25, -0.2) is 4.68 Å². The lowest BCUT2D eigenvalue weighted by molar-refractivity contribution is 0.102. The highest BCUT2D eigenvalue weighted by Gasteiger charge is 2.27. The maximum atomic E-state index is 11.2. The van der Waals surface area contributed by atoms with Crippen LogP contribution in [0, 0.1) is 13.8 Å². The van der Waals surface area contributed by atoms with Gasteiger partial charge in [0.05, 0.1) is 5.69 Å². The molecule has 0 N–H and O–H groups in total. The monoisotopic (exact) mass is 271 g/mol. The predicted molar refractivity (Wildman–Crippen MR) is 74.1 cm³/mol. The number of hydrogen-bond acceptors (Lipinski definition) is 4.